The lowest BCUT2D eigenvalue weighted by Gasteiger charge is -2.08. The van der Waals surface area contributed by atoms with E-state index in [2.05, 4.69) is 6.07 Å². The maximum atomic E-state index is 11.9. The molecule has 0 saturated carbocycles. The summed E-state index contributed by atoms with van der Waals surface area (Å²) in [5.74, 6) is 0. The van der Waals surface area contributed by atoms with Gasteiger partial charge in [-0.15, -0.1) is 0 Å². The van der Waals surface area contributed by atoms with E-state index >= 15 is 0 Å². The van der Waals surface area contributed by atoms with Crippen molar-refractivity contribution in [3.8, 4) is 0 Å². The van der Waals surface area contributed by atoms with E-state index in [4.69, 9.17) is 0 Å². The Bertz CT molecular complexity index is 346. The molecule has 0 aliphatic carbocycles. The van der Waals surface area contributed by atoms with Gasteiger partial charge in [-0.3, -0.25) is 0 Å². The van der Waals surface area contributed by atoms with Crippen LogP contribution in [0.2, 0.25) is 0 Å². The third kappa shape index (κ3) is 1.97. The Morgan fingerprint density at radius 3 is 2.29 bits per heavy atom. The molecule has 1 nitrogen and oxygen atoms in total. The van der Waals surface area contributed by atoms with Gasteiger partial charge in [0.2, 0.25) is 0 Å². The standard InChI is InChI=1S/C12H9OS/c13-14(11-7-3-1-4-8-11)12-9-5-2-6-10-12/h1-9H. The van der Waals surface area contributed by atoms with Crippen LogP contribution in [0.25, 0.3) is 0 Å². The van der Waals surface area contributed by atoms with Gasteiger partial charge in [-0.05, 0) is 24.3 Å². The summed E-state index contributed by atoms with van der Waals surface area (Å²) in [5.41, 5.74) is 0. The quantitative estimate of drug-likeness (QED) is 0.685. The molecule has 69 valence electrons. The predicted molar refractivity (Wildman–Crippen MR) is 56.4 cm³/mol. The highest BCUT2D eigenvalue weighted by Gasteiger charge is 2.12. The van der Waals surface area contributed by atoms with Gasteiger partial charge >= 0.3 is 0 Å². The Labute approximate surface area is 86.6 Å². The maximum absolute atomic E-state index is 11.9. The molecule has 0 heterocycles. The molecule has 2 rings (SSSR count). The zero-order valence-corrected chi connectivity index (χ0v) is 8.33. The Hall–Kier alpha value is -1.25. The molecule has 2 heteroatoms. The van der Waals surface area contributed by atoms with Crippen molar-refractivity contribution >= 4 is 11.2 Å². The van der Waals surface area contributed by atoms with Crippen LogP contribution in [-0.4, -0.2) is 4.55 Å². The molecular weight excluding hydrogens is 192 g/mol. The van der Waals surface area contributed by atoms with Crippen LogP contribution >= 0.6 is 0 Å². The van der Waals surface area contributed by atoms with Crippen molar-refractivity contribution in [2.24, 2.45) is 0 Å². The third-order valence-corrected chi connectivity index (χ3v) is 3.19. The molecule has 2 aromatic carbocycles. The highest BCUT2D eigenvalue weighted by atomic mass is 32.2. The average molecular weight is 201 g/mol. The van der Waals surface area contributed by atoms with Crippen LogP contribution in [0, 0.1) is 6.07 Å². The lowest BCUT2D eigenvalue weighted by Crippen LogP contribution is -2.01. The van der Waals surface area contributed by atoms with Gasteiger partial charge in [-0.25, -0.2) is 0 Å². The van der Waals surface area contributed by atoms with Gasteiger partial charge in [0.1, 0.15) is 0 Å². The SMILES string of the molecule is [O-][S+](c1[c]cccc1)c1ccccc1. The highest BCUT2D eigenvalue weighted by molar-refractivity contribution is 7.91. The average Bonchev–Trinajstić information content (AvgIpc) is 2.30. The van der Waals surface area contributed by atoms with Crippen molar-refractivity contribution in [3.05, 3.63) is 60.7 Å². The first-order valence-electron chi connectivity index (χ1n) is 4.31. The van der Waals surface area contributed by atoms with Crippen molar-refractivity contribution in [2.45, 2.75) is 9.79 Å². The largest absolute Gasteiger partial charge is 0.606 e. The summed E-state index contributed by atoms with van der Waals surface area (Å²) in [6.07, 6.45) is 0. The molecule has 0 saturated heterocycles. The van der Waals surface area contributed by atoms with E-state index in [9.17, 15) is 4.55 Å². The second-order valence-electron chi connectivity index (χ2n) is 2.81. The number of rotatable bonds is 2. The Balaban J connectivity index is 2.30. The Morgan fingerprint density at radius 1 is 0.929 bits per heavy atom. The number of hydrogen-bond donors (Lipinski definition) is 0. The highest BCUT2D eigenvalue weighted by Crippen LogP contribution is 2.18. The maximum Gasteiger partial charge on any atom is 0.166 e. The van der Waals surface area contributed by atoms with Crippen LogP contribution in [0.1, 0.15) is 0 Å². The van der Waals surface area contributed by atoms with Crippen LogP contribution in [0.15, 0.2) is 64.4 Å². The molecule has 0 amide bonds. The minimum Gasteiger partial charge on any atom is -0.606 e. The summed E-state index contributed by atoms with van der Waals surface area (Å²) in [4.78, 5) is 1.54. The first-order valence-corrected chi connectivity index (χ1v) is 5.46. The zero-order chi connectivity index (χ0) is 9.80. The van der Waals surface area contributed by atoms with Crippen molar-refractivity contribution < 1.29 is 4.55 Å². The molecule has 1 unspecified atom stereocenters. The fourth-order valence-corrected chi connectivity index (χ4v) is 2.20. The summed E-state index contributed by atoms with van der Waals surface area (Å²) < 4.78 is 11.9. The van der Waals surface area contributed by atoms with E-state index in [0.717, 1.165) is 9.79 Å². The van der Waals surface area contributed by atoms with Gasteiger partial charge in [0.25, 0.3) is 0 Å². The molecule has 0 aromatic heterocycles. The Morgan fingerprint density at radius 2 is 1.64 bits per heavy atom. The lowest BCUT2D eigenvalue weighted by molar-refractivity contribution is 0.595. The molecule has 2 aromatic rings. The van der Waals surface area contributed by atoms with Crippen LogP contribution in [0.4, 0.5) is 0 Å². The van der Waals surface area contributed by atoms with Gasteiger partial charge in [0.05, 0.1) is 0 Å². The topological polar surface area (TPSA) is 23.1 Å². The summed E-state index contributed by atoms with van der Waals surface area (Å²) >= 11 is -1.10. The summed E-state index contributed by atoms with van der Waals surface area (Å²) in [5, 5.41) is 0. The fraction of sp³-hybridized carbons (Fsp3) is 0. The molecule has 0 N–H and O–H groups in total. The van der Waals surface area contributed by atoms with Crippen molar-refractivity contribution in [2.75, 3.05) is 0 Å². The van der Waals surface area contributed by atoms with E-state index in [1.807, 2.05) is 48.5 Å². The zero-order valence-electron chi connectivity index (χ0n) is 7.51. The molecule has 0 bridgehead atoms. The summed E-state index contributed by atoms with van der Waals surface area (Å²) in [6.45, 7) is 0. The monoisotopic (exact) mass is 201 g/mol. The predicted octanol–water partition coefficient (Wildman–Crippen LogP) is 2.65. The number of benzene rings is 2. The van der Waals surface area contributed by atoms with E-state index in [1.165, 1.54) is 0 Å². The molecule has 0 aliphatic rings. The van der Waals surface area contributed by atoms with Gasteiger partial charge in [0.15, 0.2) is 9.79 Å². The van der Waals surface area contributed by atoms with Crippen LogP contribution in [-0.2, 0) is 11.2 Å². The number of hydrogen-bond acceptors (Lipinski definition) is 1. The van der Waals surface area contributed by atoms with Gasteiger partial charge in [0, 0.05) is 17.2 Å². The van der Waals surface area contributed by atoms with Crippen LogP contribution in [0.5, 0.6) is 0 Å². The Kier molecular flexibility index (Phi) is 2.87. The normalized spacial score (nSPS) is 10.4. The molecular formula is C12H9OS. The summed E-state index contributed by atoms with van der Waals surface area (Å²) in [6, 6.07) is 19.7. The van der Waals surface area contributed by atoms with E-state index in [1.54, 1.807) is 6.07 Å². The van der Waals surface area contributed by atoms with Crippen molar-refractivity contribution in [1.29, 1.82) is 0 Å². The first kappa shape index (κ1) is 9.31. The second-order valence-corrected chi connectivity index (χ2v) is 4.26. The minimum absolute atomic E-state index is 0.721. The molecule has 0 aliphatic heterocycles. The molecule has 0 fully saturated rings. The van der Waals surface area contributed by atoms with Crippen LogP contribution < -0.4 is 0 Å². The minimum atomic E-state index is -1.10. The molecule has 1 radical (unpaired) electrons. The second kappa shape index (κ2) is 4.31. The van der Waals surface area contributed by atoms with Gasteiger partial charge < -0.3 is 4.55 Å². The van der Waals surface area contributed by atoms with E-state index in [0.29, 0.717) is 0 Å². The van der Waals surface area contributed by atoms with Crippen molar-refractivity contribution in [3.63, 3.8) is 0 Å². The molecule has 0 spiro atoms. The third-order valence-electron chi connectivity index (χ3n) is 1.84. The smallest absolute Gasteiger partial charge is 0.166 e. The molecule has 1 atom stereocenters. The van der Waals surface area contributed by atoms with Crippen molar-refractivity contribution in [1.82, 2.24) is 0 Å². The first-order chi connectivity index (χ1) is 6.88. The lowest BCUT2D eigenvalue weighted by atomic mass is 10.4. The van der Waals surface area contributed by atoms with Gasteiger partial charge in [-0.2, -0.15) is 0 Å². The summed E-state index contributed by atoms with van der Waals surface area (Å²) in [7, 11) is 0. The van der Waals surface area contributed by atoms with Crippen LogP contribution in [0.3, 0.4) is 0 Å². The van der Waals surface area contributed by atoms with E-state index < -0.39 is 11.2 Å². The van der Waals surface area contributed by atoms with E-state index in [-0.39, 0.29) is 0 Å². The molecule has 14 heavy (non-hydrogen) atoms. The fourth-order valence-electron chi connectivity index (χ4n) is 1.16. The van der Waals surface area contributed by atoms with Gasteiger partial charge in [-0.1, -0.05) is 30.3 Å².